The Morgan fingerprint density at radius 1 is 1.39 bits per heavy atom. The lowest BCUT2D eigenvalue weighted by atomic mass is 10.1. The largest absolute Gasteiger partial charge is 0.496 e. The van der Waals surface area contributed by atoms with E-state index in [9.17, 15) is 0 Å². The third-order valence-electron chi connectivity index (χ3n) is 2.84. The van der Waals surface area contributed by atoms with Crippen LogP contribution in [0.25, 0.3) is 0 Å². The van der Waals surface area contributed by atoms with E-state index in [-0.39, 0.29) is 0 Å². The molecular weight excluding hydrogens is 262 g/mol. The predicted molar refractivity (Wildman–Crippen MR) is 79.9 cm³/mol. The van der Waals surface area contributed by atoms with Gasteiger partial charge in [-0.1, -0.05) is 6.92 Å². The number of rotatable bonds is 7. The number of hydrogen-bond acceptors (Lipinski definition) is 4. The summed E-state index contributed by atoms with van der Waals surface area (Å²) in [6.45, 7) is 3.25. The molecule has 1 N–H and O–H groups in total. The normalized spacial score (nSPS) is 12.6. The van der Waals surface area contributed by atoms with Crippen LogP contribution in [0.2, 0.25) is 0 Å². The Morgan fingerprint density at radius 2 is 2.28 bits per heavy atom. The molecule has 0 aliphatic rings. The molecule has 1 unspecified atom stereocenters. The van der Waals surface area contributed by atoms with Gasteiger partial charge in [0.1, 0.15) is 5.75 Å². The minimum atomic E-state index is 0.397. The van der Waals surface area contributed by atoms with Gasteiger partial charge in [0.05, 0.1) is 7.11 Å². The van der Waals surface area contributed by atoms with E-state index in [1.807, 2.05) is 0 Å². The first kappa shape index (κ1) is 13.6. The van der Waals surface area contributed by atoms with E-state index in [1.165, 1.54) is 10.4 Å². The summed E-state index contributed by atoms with van der Waals surface area (Å²) in [6.07, 6.45) is 2.20. The molecular formula is C14H19NOS2. The number of methoxy groups -OCH3 is 1. The lowest BCUT2D eigenvalue weighted by Gasteiger charge is -2.16. The summed E-state index contributed by atoms with van der Waals surface area (Å²) in [5.74, 6) is 0.962. The molecule has 2 aromatic rings. The second kappa shape index (κ2) is 6.92. The number of thiophene rings is 2. The van der Waals surface area contributed by atoms with E-state index < -0.39 is 0 Å². The molecule has 4 heteroatoms. The average Bonchev–Trinajstić information content (AvgIpc) is 3.05. The third-order valence-corrected chi connectivity index (χ3v) is 4.59. The van der Waals surface area contributed by atoms with Gasteiger partial charge in [-0.25, -0.2) is 0 Å². The van der Waals surface area contributed by atoms with Crippen LogP contribution in [-0.2, 0) is 6.42 Å². The summed E-state index contributed by atoms with van der Waals surface area (Å²) in [5, 5.41) is 10.1. The van der Waals surface area contributed by atoms with Crippen LogP contribution in [0.1, 0.15) is 29.8 Å². The summed E-state index contributed by atoms with van der Waals surface area (Å²) in [5.41, 5.74) is 1.40. The van der Waals surface area contributed by atoms with Gasteiger partial charge in [0.25, 0.3) is 0 Å². The van der Waals surface area contributed by atoms with Gasteiger partial charge >= 0.3 is 0 Å². The maximum atomic E-state index is 5.27. The zero-order chi connectivity index (χ0) is 12.8. The summed E-state index contributed by atoms with van der Waals surface area (Å²) >= 11 is 3.53. The summed E-state index contributed by atoms with van der Waals surface area (Å²) < 4.78 is 5.27. The van der Waals surface area contributed by atoms with Crippen molar-refractivity contribution in [3.63, 3.8) is 0 Å². The molecule has 1 atom stereocenters. The number of hydrogen-bond donors (Lipinski definition) is 1. The molecule has 98 valence electrons. The first-order chi connectivity index (χ1) is 8.83. The van der Waals surface area contributed by atoms with Crippen LogP contribution in [0.4, 0.5) is 0 Å². The highest BCUT2D eigenvalue weighted by atomic mass is 32.1. The first-order valence-corrected chi connectivity index (χ1v) is 8.02. The Balaban J connectivity index is 2.08. The SMILES string of the molecule is CCCNC(Cc1ccsc1)c1cc(OC)cs1. The van der Waals surface area contributed by atoms with Crippen LogP contribution in [0.5, 0.6) is 5.75 Å². The smallest absolute Gasteiger partial charge is 0.129 e. The van der Waals surface area contributed by atoms with E-state index in [0.717, 1.165) is 25.1 Å². The van der Waals surface area contributed by atoms with Crippen LogP contribution < -0.4 is 10.1 Å². The van der Waals surface area contributed by atoms with Crippen LogP contribution in [0.3, 0.4) is 0 Å². The van der Waals surface area contributed by atoms with E-state index in [4.69, 9.17) is 4.74 Å². The van der Waals surface area contributed by atoms with Gasteiger partial charge in [-0.3, -0.25) is 0 Å². The molecule has 2 rings (SSSR count). The second-order valence-electron chi connectivity index (χ2n) is 4.23. The Hall–Kier alpha value is -0.840. The van der Waals surface area contributed by atoms with E-state index >= 15 is 0 Å². The minimum absolute atomic E-state index is 0.397. The van der Waals surface area contributed by atoms with Crippen LogP contribution >= 0.6 is 22.7 Å². The molecule has 0 aromatic carbocycles. The maximum Gasteiger partial charge on any atom is 0.129 e. The Labute approximate surface area is 117 Å². The highest BCUT2D eigenvalue weighted by Gasteiger charge is 2.14. The molecule has 2 nitrogen and oxygen atoms in total. The summed E-state index contributed by atoms with van der Waals surface area (Å²) in [7, 11) is 1.72. The number of nitrogens with one attached hydrogen (secondary N) is 1. The number of ether oxygens (including phenoxy) is 1. The quantitative estimate of drug-likeness (QED) is 0.825. The Kier molecular flexibility index (Phi) is 5.23. The average molecular weight is 281 g/mol. The topological polar surface area (TPSA) is 21.3 Å². The predicted octanol–water partition coefficient (Wildman–Crippen LogP) is 4.10. The lowest BCUT2D eigenvalue weighted by molar-refractivity contribution is 0.415. The van der Waals surface area contributed by atoms with E-state index in [0.29, 0.717) is 6.04 Å². The molecule has 18 heavy (non-hydrogen) atoms. The minimum Gasteiger partial charge on any atom is -0.496 e. The molecule has 0 bridgehead atoms. The molecule has 0 saturated heterocycles. The van der Waals surface area contributed by atoms with Gasteiger partial charge in [-0.2, -0.15) is 11.3 Å². The standard InChI is InChI=1S/C14H19NOS2/c1-3-5-15-13(7-11-4-6-17-9-11)14-8-12(16-2)10-18-14/h4,6,8-10,13,15H,3,5,7H2,1-2H3. The molecule has 0 saturated carbocycles. The Bertz CT molecular complexity index is 450. The molecule has 0 spiro atoms. The van der Waals surface area contributed by atoms with Crippen LogP contribution in [0, 0.1) is 0 Å². The zero-order valence-corrected chi connectivity index (χ0v) is 12.4. The fourth-order valence-electron chi connectivity index (χ4n) is 1.86. The van der Waals surface area contributed by atoms with Gasteiger partial charge in [0.15, 0.2) is 0 Å². The van der Waals surface area contributed by atoms with Crippen LogP contribution in [0.15, 0.2) is 28.3 Å². The van der Waals surface area contributed by atoms with Gasteiger partial charge in [0, 0.05) is 16.3 Å². The zero-order valence-electron chi connectivity index (χ0n) is 10.8. The van der Waals surface area contributed by atoms with Crippen molar-refractivity contribution in [1.29, 1.82) is 0 Å². The van der Waals surface area contributed by atoms with Crippen molar-refractivity contribution in [3.8, 4) is 5.75 Å². The fourth-order valence-corrected chi connectivity index (χ4v) is 3.47. The summed E-state index contributed by atoms with van der Waals surface area (Å²) in [6, 6.07) is 4.74. The lowest BCUT2D eigenvalue weighted by Crippen LogP contribution is -2.23. The molecule has 2 heterocycles. The molecule has 2 aromatic heterocycles. The molecule has 0 aliphatic carbocycles. The molecule has 0 aliphatic heterocycles. The molecule has 0 fully saturated rings. The van der Waals surface area contributed by atoms with Crippen LogP contribution in [-0.4, -0.2) is 13.7 Å². The van der Waals surface area contributed by atoms with Crippen molar-refractivity contribution >= 4 is 22.7 Å². The monoisotopic (exact) mass is 281 g/mol. The third kappa shape index (κ3) is 3.57. The van der Waals surface area contributed by atoms with Crippen molar-refractivity contribution in [3.05, 3.63) is 38.7 Å². The van der Waals surface area contributed by atoms with Gasteiger partial charge in [-0.15, -0.1) is 11.3 Å². The van der Waals surface area contributed by atoms with E-state index in [2.05, 4.69) is 40.5 Å². The summed E-state index contributed by atoms with van der Waals surface area (Å²) in [4.78, 5) is 1.35. The molecule has 0 radical (unpaired) electrons. The van der Waals surface area contributed by atoms with Gasteiger partial charge in [-0.05, 0) is 47.8 Å². The van der Waals surface area contributed by atoms with Gasteiger partial charge < -0.3 is 10.1 Å². The van der Waals surface area contributed by atoms with E-state index in [1.54, 1.807) is 29.8 Å². The van der Waals surface area contributed by atoms with Crippen molar-refractivity contribution in [2.45, 2.75) is 25.8 Å². The van der Waals surface area contributed by atoms with Crippen molar-refractivity contribution in [2.75, 3.05) is 13.7 Å². The fraction of sp³-hybridized carbons (Fsp3) is 0.429. The maximum absolute atomic E-state index is 5.27. The Morgan fingerprint density at radius 3 is 2.89 bits per heavy atom. The first-order valence-electron chi connectivity index (χ1n) is 6.20. The highest BCUT2D eigenvalue weighted by Crippen LogP contribution is 2.29. The van der Waals surface area contributed by atoms with Crippen molar-refractivity contribution < 1.29 is 4.74 Å². The highest BCUT2D eigenvalue weighted by molar-refractivity contribution is 7.10. The second-order valence-corrected chi connectivity index (χ2v) is 5.95. The molecule has 0 amide bonds. The van der Waals surface area contributed by atoms with Crippen molar-refractivity contribution in [2.24, 2.45) is 0 Å². The van der Waals surface area contributed by atoms with Crippen molar-refractivity contribution in [1.82, 2.24) is 5.32 Å². The van der Waals surface area contributed by atoms with Gasteiger partial charge in [0.2, 0.25) is 0 Å².